The van der Waals surface area contributed by atoms with Crippen molar-refractivity contribution in [1.29, 1.82) is 0 Å². The highest BCUT2D eigenvalue weighted by atomic mass is 35.5. The number of hydrogen-bond donors (Lipinski definition) is 0. The van der Waals surface area contributed by atoms with E-state index in [0.717, 1.165) is 4.31 Å². The largest absolute Gasteiger partial charge is 0.246 e. The molecule has 0 saturated carbocycles. The average molecular weight is 420 g/mol. The molecule has 0 amide bonds. The Morgan fingerprint density at radius 2 is 1.48 bits per heavy atom. The molecule has 1 unspecified atom stereocenters. The number of sulfone groups is 1. The van der Waals surface area contributed by atoms with Crippen molar-refractivity contribution in [2.24, 2.45) is 0 Å². The number of sulfonamides is 1. The van der Waals surface area contributed by atoms with Crippen LogP contribution >= 0.6 is 23.2 Å². The number of halogens is 2. The third kappa shape index (κ3) is 3.44. The van der Waals surface area contributed by atoms with Crippen LogP contribution in [-0.4, -0.2) is 39.5 Å². The van der Waals surface area contributed by atoms with Gasteiger partial charge in [0.15, 0.2) is 9.84 Å². The molecule has 5 nitrogen and oxygen atoms in total. The molecular formula is C16H15Cl2NO4S2. The predicted octanol–water partition coefficient (Wildman–Crippen LogP) is 3.23. The highest BCUT2D eigenvalue weighted by Crippen LogP contribution is 2.34. The van der Waals surface area contributed by atoms with Crippen LogP contribution in [0.4, 0.5) is 0 Å². The second-order valence-corrected chi connectivity index (χ2v) is 10.6. The molecule has 1 fully saturated rings. The van der Waals surface area contributed by atoms with Crippen LogP contribution < -0.4 is 0 Å². The van der Waals surface area contributed by atoms with E-state index in [1.54, 1.807) is 24.3 Å². The summed E-state index contributed by atoms with van der Waals surface area (Å²) in [5.41, 5.74) is 0. The molecule has 0 radical (unpaired) electrons. The molecule has 2 aromatic rings. The number of benzene rings is 2. The molecule has 1 heterocycles. The molecule has 1 aliphatic rings. The van der Waals surface area contributed by atoms with Gasteiger partial charge in [0.25, 0.3) is 0 Å². The monoisotopic (exact) mass is 419 g/mol. The van der Waals surface area contributed by atoms with Crippen molar-refractivity contribution in [2.45, 2.75) is 21.5 Å². The molecule has 1 saturated heterocycles. The van der Waals surface area contributed by atoms with Crippen molar-refractivity contribution >= 4 is 43.1 Å². The van der Waals surface area contributed by atoms with Gasteiger partial charge in [-0.3, -0.25) is 0 Å². The van der Waals surface area contributed by atoms with Crippen LogP contribution in [0.25, 0.3) is 0 Å². The number of rotatable bonds is 4. The third-order valence-electron chi connectivity index (χ3n) is 4.14. The van der Waals surface area contributed by atoms with E-state index < -0.39 is 25.1 Å². The summed E-state index contributed by atoms with van der Waals surface area (Å²) < 4.78 is 52.2. The molecule has 0 bridgehead atoms. The van der Waals surface area contributed by atoms with E-state index in [-0.39, 0.29) is 39.3 Å². The summed E-state index contributed by atoms with van der Waals surface area (Å²) in [5.74, 6) is 0. The van der Waals surface area contributed by atoms with Gasteiger partial charge in [-0.2, -0.15) is 4.31 Å². The fourth-order valence-corrected chi connectivity index (χ4v) is 7.23. The van der Waals surface area contributed by atoms with Crippen molar-refractivity contribution in [3.8, 4) is 0 Å². The van der Waals surface area contributed by atoms with Crippen molar-refractivity contribution in [1.82, 2.24) is 4.31 Å². The maximum atomic E-state index is 12.8. The SMILES string of the molecule is O=S(=O)(c1ccccc1)C1CCN(S(=O)(=O)c2c(Cl)cccc2Cl)C1. The summed E-state index contributed by atoms with van der Waals surface area (Å²) >= 11 is 12.0. The molecule has 9 heteroatoms. The Labute approximate surface area is 157 Å². The molecule has 0 aliphatic carbocycles. The molecule has 1 aliphatic heterocycles. The highest BCUT2D eigenvalue weighted by molar-refractivity contribution is 7.92. The molecule has 0 N–H and O–H groups in total. The summed E-state index contributed by atoms with van der Waals surface area (Å²) in [6.45, 7) is -0.0261. The van der Waals surface area contributed by atoms with Gasteiger partial charge in [-0.1, -0.05) is 47.5 Å². The minimum atomic E-state index is -3.97. The Morgan fingerprint density at radius 1 is 0.880 bits per heavy atom. The van der Waals surface area contributed by atoms with Crippen LogP contribution in [0.1, 0.15) is 6.42 Å². The zero-order valence-electron chi connectivity index (χ0n) is 13.0. The Morgan fingerprint density at radius 3 is 2.08 bits per heavy atom. The minimum absolute atomic E-state index is 0.0156. The summed E-state index contributed by atoms with van der Waals surface area (Å²) in [5, 5.41) is -0.769. The zero-order valence-corrected chi connectivity index (χ0v) is 16.1. The summed E-state index contributed by atoms with van der Waals surface area (Å²) in [7, 11) is -7.58. The van der Waals surface area contributed by atoms with E-state index in [0.29, 0.717) is 0 Å². The van der Waals surface area contributed by atoms with Crippen LogP contribution in [-0.2, 0) is 19.9 Å². The van der Waals surface area contributed by atoms with Crippen molar-refractivity contribution in [3.05, 3.63) is 58.6 Å². The lowest BCUT2D eigenvalue weighted by atomic mass is 10.4. The second-order valence-electron chi connectivity index (χ2n) is 5.68. The normalized spacial score (nSPS) is 19.2. The maximum Gasteiger partial charge on any atom is 0.246 e. The Kier molecular flexibility index (Phi) is 5.14. The first-order valence-electron chi connectivity index (χ1n) is 7.47. The van der Waals surface area contributed by atoms with Crippen LogP contribution in [0.5, 0.6) is 0 Å². The molecule has 25 heavy (non-hydrogen) atoms. The van der Waals surface area contributed by atoms with Crippen LogP contribution in [0.3, 0.4) is 0 Å². The fraction of sp³-hybridized carbons (Fsp3) is 0.250. The van der Waals surface area contributed by atoms with E-state index in [9.17, 15) is 16.8 Å². The van der Waals surface area contributed by atoms with E-state index >= 15 is 0 Å². The van der Waals surface area contributed by atoms with Gasteiger partial charge in [0.1, 0.15) is 4.90 Å². The summed E-state index contributed by atoms with van der Waals surface area (Å²) in [6.07, 6.45) is 0.221. The third-order valence-corrected chi connectivity index (χ3v) is 9.15. The lowest BCUT2D eigenvalue weighted by molar-refractivity contribution is 0.476. The Bertz CT molecular complexity index is 972. The minimum Gasteiger partial charge on any atom is -0.223 e. The molecule has 0 spiro atoms. The molecule has 1 atom stereocenters. The molecular weight excluding hydrogens is 405 g/mol. The van der Waals surface area contributed by atoms with Crippen molar-refractivity contribution in [2.75, 3.05) is 13.1 Å². The quantitative estimate of drug-likeness (QED) is 0.762. The van der Waals surface area contributed by atoms with E-state index in [4.69, 9.17) is 23.2 Å². The van der Waals surface area contributed by atoms with Crippen molar-refractivity contribution in [3.63, 3.8) is 0 Å². The standard InChI is InChI=1S/C16H15Cl2NO4S2/c17-14-7-4-8-15(18)16(14)25(22,23)19-10-9-13(11-19)24(20,21)12-5-2-1-3-6-12/h1-8,13H,9-11H2. The molecule has 134 valence electrons. The predicted molar refractivity (Wildman–Crippen MR) is 97.3 cm³/mol. The Balaban J connectivity index is 1.91. The van der Waals surface area contributed by atoms with Crippen LogP contribution in [0.2, 0.25) is 10.0 Å². The lowest BCUT2D eigenvalue weighted by Crippen LogP contribution is -2.32. The number of nitrogens with zero attached hydrogens (tertiary/aromatic N) is 1. The first kappa shape index (κ1) is 18.7. The maximum absolute atomic E-state index is 12.8. The summed E-state index contributed by atoms with van der Waals surface area (Å²) in [6, 6.07) is 12.5. The van der Waals surface area contributed by atoms with Gasteiger partial charge >= 0.3 is 0 Å². The van der Waals surface area contributed by atoms with Crippen LogP contribution in [0.15, 0.2) is 58.3 Å². The van der Waals surface area contributed by atoms with E-state index in [1.807, 2.05) is 0 Å². The second kappa shape index (κ2) is 6.89. The molecule has 2 aromatic carbocycles. The molecule has 3 rings (SSSR count). The first-order chi connectivity index (χ1) is 11.7. The summed E-state index contributed by atoms with van der Waals surface area (Å²) in [4.78, 5) is 0.00566. The smallest absolute Gasteiger partial charge is 0.223 e. The van der Waals surface area contributed by atoms with Gasteiger partial charge in [-0.25, -0.2) is 16.8 Å². The van der Waals surface area contributed by atoms with E-state index in [1.165, 1.54) is 24.3 Å². The molecule has 0 aromatic heterocycles. The fourth-order valence-electron chi connectivity index (χ4n) is 2.83. The van der Waals surface area contributed by atoms with Gasteiger partial charge in [0.2, 0.25) is 10.0 Å². The van der Waals surface area contributed by atoms with Gasteiger partial charge in [-0.05, 0) is 30.7 Å². The van der Waals surface area contributed by atoms with Gasteiger partial charge < -0.3 is 0 Å². The Hall–Kier alpha value is -1.12. The lowest BCUT2D eigenvalue weighted by Gasteiger charge is -2.18. The van der Waals surface area contributed by atoms with E-state index in [2.05, 4.69) is 0 Å². The van der Waals surface area contributed by atoms with Gasteiger partial charge in [0, 0.05) is 13.1 Å². The highest BCUT2D eigenvalue weighted by Gasteiger charge is 2.40. The van der Waals surface area contributed by atoms with Gasteiger partial charge in [0.05, 0.1) is 20.2 Å². The van der Waals surface area contributed by atoms with Gasteiger partial charge in [-0.15, -0.1) is 0 Å². The topological polar surface area (TPSA) is 71.5 Å². The first-order valence-corrected chi connectivity index (χ1v) is 11.2. The average Bonchev–Trinajstić information content (AvgIpc) is 3.07. The van der Waals surface area contributed by atoms with Crippen LogP contribution in [0, 0.1) is 0 Å². The van der Waals surface area contributed by atoms with Crippen molar-refractivity contribution < 1.29 is 16.8 Å². The number of hydrogen-bond acceptors (Lipinski definition) is 4. The zero-order chi connectivity index (χ0) is 18.2.